The predicted molar refractivity (Wildman–Crippen MR) is 48.7 cm³/mol. The normalized spacial score (nSPS) is 18.2. The highest BCUT2D eigenvalue weighted by Gasteiger charge is 2.32. The molecule has 1 aromatic rings. The van der Waals surface area contributed by atoms with Crippen molar-refractivity contribution in [1.29, 1.82) is 0 Å². The van der Waals surface area contributed by atoms with Crippen LogP contribution in [0.25, 0.3) is 0 Å². The molecule has 0 aromatic heterocycles. The Kier molecular flexibility index (Phi) is 1.94. The van der Waals surface area contributed by atoms with Crippen LogP contribution in [-0.4, -0.2) is 25.1 Å². The van der Waals surface area contributed by atoms with E-state index in [0.29, 0.717) is 5.56 Å². The molecule has 1 N–H and O–H groups in total. The summed E-state index contributed by atoms with van der Waals surface area (Å²) < 4.78 is 22.8. The van der Waals surface area contributed by atoms with Gasteiger partial charge in [0.2, 0.25) is 0 Å². The first-order valence-electron chi connectivity index (χ1n) is 4.04. The Balaban J connectivity index is 2.70. The maximum atomic E-state index is 11.4. The minimum absolute atomic E-state index is 0.0831. The molecule has 2 rings (SSSR count). The van der Waals surface area contributed by atoms with Gasteiger partial charge in [0, 0.05) is 5.56 Å². The fraction of sp³-hybridized carbons (Fsp3) is 0.222. The molecule has 0 bridgehead atoms. The molecule has 1 heterocycles. The highest BCUT2D eigenvalue weighted by atomic mass is 32.2. The monoisotopic (exact) mass is 212 g/mol. The Hall–Kier alpha value is -1.20. The van der Waals surface area contributed by atoms with Crippen LogP contribution < -0.4 is 0 Å². The Morgan fingerprint density at radius 1 is 1.36 bits per heavy atom. The number of Topliss-reactive ketones (excluding diaryl/α,β-unsaturated/α-hetero) is 1. The van der Waals surface area contributed by atoms with Gasteiger partial charge in [-0.2, -0.15) is 0 Å². The second kappa shape index (κ2) is 2.90. The lowest BCUT2D eigenvalue weighted by atomic mass is 10.1. The lowest BCUT2D eigenvalue weighted by Gasteiger charge is -1.99. The van der Waals surface area contributed by atoms with Crippen LogP contribution in [0.2, 0.25) is 0 Å². The number of hydrogen-bond acceptors (Lipinski definition) is 4. The van der Waals surface area contributed by atoms with E-state index < -0.39 is 21.4 Å². The summed E-state index contributed by atoms with van der Waals surface area (Å²) in [5, 5.41) is 8.82. The zero-order valence-corrected chi connectivity index (χ0v) is 8.04. The molecule has 0 aliphatic carbocycles. The Bertz CT molecular complexity index is 502. The molecule has 5 heteroatoms. The second-order valence-electron chi connectivity index (χ2n) is 3.17. The summed E-state index contributed by atoms with van der Waals surface area (Å²) in [6.07, 6.45) is 0. The molecule has 0 spiro atoms. The highest BCUT2D eigenvalue weighted by molar-refractivity contribution is 7.92. The van der Waals surface area contributed by atoms with E-state index in [9.17, 15) is 13.2 Å². The van der Waals surface area contributed by atoms with E-state index in [1.165, 1.54) is 18.2 Å². The molecular formula is C9H8O4S. The summed E-state index contributed by atoms with van der Waals surface area (Å²) in [7, 11) is -3.41. The summed E-state index contributed by atoms with van der Waals surface area (Å²) in [4.78, 5) is 11.4. The number of aliphatic hydroxyl groups excluding tert-OH is 1. The molecule has 0 saturated carbocycles. The van der Waals surface area contributed by atoms with Crippen LogP contribution in [0, 0.1) is 0 Å². The van der Waals surface area contributed by atoms with E-state index in [1.54, 1.807) is 0 Å². The van der Waals surface area contributed by atoms with Gasteiger partial charge in [-0.15, -0.1) is 0 Å². The highest BCUT2D eigenvalue weighted by Crippen LogP contribution is 2.26. The van der Waals surface area contributed by atoms with Crippen LogP contribution in [0.4, 0.5) is 0 Å². The van der Waals surface area contributed by atoms with E-state index in [-0.39, 0.29) is 17.1 Å². The largest absolute Gasteiger partial charge is 0.392 e. The van der Waals surface area contributed by atoms with Crippen molar-refractivity contribution in [3.8, 4) is 0 Å². The number of benzene rings is 1. The van der Waals surface area contributed by atoms with Crippen LogP contribution >= 0.6 is 0 Å². The summed E-state index contributed by atoms with van der Waals surface area (Å²) in [5.41, 5.74) is 0.755. The third-order valence-corrected chi connectivity index (χ3v) is 3.85. The molecule has 1 aliphatic rings. The third-order valence-electron chi connectivity index (χ3n) is 2.18. The number of carbonyl (C=O) groups is 1. The van der Waals surface area contributed by atoms with E-state index in [1.807, 2.05) is 0 Å². The van der Waals surface area contributed by atoms with Gasteiger partial charge < -0.3 is 5.11 Å². The van der Waals surface area contributed by atoms with Crippen molar-refractivity contribution in [3.63, 3.8) is 0 Å². The molecule has 0 atom stereocenters. The van der Waals surface area contributed by atoms with Gasteiger partial charge in [0.15, 0.2) is 15.6 Å². The lowest BCUT2D eigenvalue weighted by Crippen LogP contribution is -2.03. The average Bonchev–Trinajstić information content (AvgIpc) is 2.37. The predicted octanol–water partition coefficient (Wildman–Crippen LogP) is 0.149. The molecule has 0 saturated heterocycles. The molecule has 4 nitrogen and oxygen atoms in total. The van der Waals surface area contributed by atoms with Gasteiger partial charge in [-0.05, 0) is 17.7 Å². The van der Waals surface area contributed by atoms with Gasteiger partial charge >= 0.3 is 0 Å². The molecular weight excluding hydrogens is 204 g/mol. The zero-order chi connectivity index (χ0) is 10.3. The fourth-order valence-electron chi connectivity index (χ4n) is 1.49. The molecule has 1 aliphatic heterocycles. The van der Waals surface area contributed by atoms with Crippen molar-refractivity contribution in [2.24, 2.45) is 0 Å². The summed E-state index contributed by atoms with van der Waals surface area (Å²) in [5.74, 6) is -0.840. The van der Waals surface area contributed by atoms with Gasteiger partial charge in [0.05, 0.1) is 11.5 Å². The van der Waals surface area contributed by atoms with E-state index in [4.69, 9.17) is 5.11 Å². The Morgan fingerprint density at radius 3 is 2.71 bits per heavy atom. The maximum Gasteiger partial charge on any atom is 0.186 e. The van der Waals surface area contributed by atoms with Crippen molar-refractivity contribution < 1.29 is 18.3 Å². The molecule has 1 aromatic carbocycles. The van der Waals surface area contributed by atoms with Gasteiger partial charge in [-0.1, -0.05) is 6.07 Å². The molecule has 14 heavy (non-hydrogen) atoms. The quantitative estimate of drug-likeness (QED) is 0.719. The molecule has 74 valence electrons. The minimum atomic E-state index is -3.41. The van der Waals surface area contributed by atoms with E-state index in [0.717, 1.165) is 0 Å². The molecule has 0 fully saturated rings. The average molecular weight is 212 g/mol. The Morgan fingerprint density at radius 2 is 2.07 bits per heavy atom. The Labute approximate surface area is 81.1 Å². The number of aliphatic hydroxyl groups is 1. The van der Waals surface area contributed by atoms with Crippen molar-refractivity contribution in [3.05, 3.63) is 29.3 Å². The SMILES string of the molecule is O=C1CS(=O)(=O)c2ccc(CO)cc21. The number of ketones is 1. The van der Waals surface area contributed by atoms with Gasteiger partial charge in [0.1, 0.15) is 5.75 Å². The zero-order valence-electron chi connectivity index (χ0n) is 7.23. The number of sulfone groups is 1. The topological polar surface area (TPSA) is 71.4 Å². The smallest absolute Gasteiger partial charge is 0.186 e. The van der Waals surface area contributed by atoms with Crippen LogP contribution in [0.3, 0.4) is 0 Å². The fourth-order valence-corrected chi connectivity index (χ4v) is 2.93. The van der Waals surface area contributed by atoms with Crippen molar-refractivity contribution in [1.82, 2.24) is 0 Å². The van der Waals surface area contributed by atoms with Crippen LogP contribution in [-0.2, 0) is 16.4 Å². The standard InChI is InChI=1S/C9H8O4S/c10-4-6-1-2-9-7(3-6)8(11)5-14(9,12)13/h1-3,10H,4-5H2. The van der Waals surface area contributed by atoms with Gasteiger partial charge in [0.25, 0.3) is 0 Å². The van der Waals surface area contributed by atoms with Crippen molar-refractivity contribution in [2.45, 2.75) is 11.5 Å². The van der Waals surface area contributed by atoms with Crippen LogP contribution in [0.1, 0.15) is 15.9 Å². The molecule has 0 unspecified atom stereocenters. The maximum absolute atomic E-state index is 11.4. The summed E-state index contributed by atoms with van der Waals surface area (Å²) in [6, 6.07) is 4.32. The number of fused-ring (bicyclic) bond motifs is 1. The lowest BCUT2D eigenvalue weighted by molar-refractivity contribution is 0.102. The third kappa shape index (κ3) is 1.25. The summed E-state index contributed by atoms with van der Waals surface area (Å²) >= 11 is 0. The summed E-state index contributed by atoms with van der Waals surface area (Å²) in [6.45, 7) is -0.194. The number of rotatable bonds is 1. The van der Waals surface area contributed by atoms with Crippen LogP contribution in [0.5, 0.6) is 0 Å². The first-order chi connectivity index (χ1) is 6.54. The van der Waals surface area contributed by atoms with E-state index in [2.05, 4.69) is 0 Å². The van der Waals surface area contributed by atoms with Crippen molar-refractivity contribution in [2.75, 3.05) is 5.75 Å². The van der Waals surface area contributed by atoms with Crippen LogP contribution in [0.15, 0.2) is 23.1 Å². The molecule has 0 radical (unpaired) electrons. The molecule has 0 amide bonds. The van der Waals surface area contributed by atoms with E-state index >= 15 is 0 Å². The first-order valence-corrected chi connectivity index (χ1v) is 5.69. The van der Waals surface area contributed by atoms with Gasteiger partial charge in [-0.3, -0.25) is 4.79 Å². The van der Waals surface area contributed by atoms with Gasteiger partial charge in [-0.25, -0.2) is 8.42 Å². The minimum Gasteiger partial charge on any atom is -0.392 e. The number of hydrogen-bond donors (Lipinski definition) is 1. The second-order valence-corrected chi connectivity index (χ2v) is 5.13. The van der Waals surface area contributed by atoms with Crippen molar-refractivity contribution >= 4 is 15.6 Å². The first kappa shape index (κ1) is 9.36. The number of carbonyl (C=O) groups excluding carboxylic acids is 1.